The Labute approximate surface area is 259 Å². The molecule has 11 nitrogen and oxygen atoms in total. The van der Waals surface area contributed by atoms with E-state index in [4.69, 9.17) is 19.8 Å². The minimum absolute atomic E-state index is 0.158. The first-order valence-corrected chi connectivity index (χ1v) is 15.6. The molecule has 1 unspecified atom stereocenters. The molecule has 2 aliphatic heterocycles. The molecule has 0 saturated carbocycles. The number of hydrogen-bond acceptors (Lipinski definition) is 11. The average Bonchev–Trinajstić information content (AvgIpc) is 3.42. The van der Waals surface area contributed by atoms with Gasteiger partial charge in [0.15, 0.2) is 10.8 Å². The Morgan fingerprint density at radius 3 is 2.53 bits per heavy atom. The largest absolute Gasteiger partial charge is 0.549 e. The van der Waals surface area contributed by atoms with Crippen LogP contribution >= 0.6 is 11.3 Å². The number of allylic oxidation sites excluding steroid dienone is 1. The summed E-state index contributed by atoms with van der Waals surface area (Å²) in [7, 11) is 4.30. The molecule has 0 spiro atoms. The number of fused-ring (bicyclic) bond motifs is 1. The van der Waals surface area contributed by atoms with Crippen LogP contribution in [0.3, 0.4) is 0 Å². The lowest BCUT2D eigenvalue weighted by molar-refractivity contribution is -0.928. The molecule has 0 amide bonds. The van der Waals surface area contributed by atoms with Crippen LogP contribution in [0.1, 0.15) is 67.2 Å². The van der Waals surface area contributed by atoms with Crippen LogP contribution in [0, 0.1) is 11.8 Å². The number of ether oxygens (including phenoxy) is 1. The molecule has 1 saturated heterocycles. The van der Waals surface area contributed by atoms with Crippen LogP contribution in [0.15, 0.2) is 34.9 Å². The molecule has 1 aromatic carbocycles. The van der Waals surface area contributed by atoms with Crippen LogP contribution in [-0.2, 0) is 22.4 Å². The van der Waals surface area contributed by atoms with E-state index in [1.807, 2.05) is 12.1 Å². The number of nitrogens with two attached hydrogens (primary N) is 1. The van der Waals surface area contributed by atoms with Crippen LogP contribution in [0.4, 0.5) is 5.13 Å². The van der Waals surface area contributed by atoms with E-state index in [1.165, 1.54) is 32.0 Å². The number of methoxy groups -OCH3 is 1. The fourth-order valence-corrected chi connectivity index (χ4v) is 5.78. The number of oxime groups is 1. The first kappa shape index (κ1) is 34.4. The molecule has 5 N–H and O–H groups in total. The number of nitrogens with zero attached hydrogens (tertiary/aromatic N) is 3. The lowest BCUT2D eigenvalue weighted by atomic mass is 9.71. The first-order valence-electron chi connectivity index (χ1n) is 14.7. The molecule has 0 bridgehead atoms. The van der Waals surface area contributed by atoms with Crippen molar-refractivity contribution in [1.82, 2.24) is 10.3 Å². The van der Waals surface area contributed by atoms with Crippen LogP contribution in [0.2, 0.25) is 0 Å². The summed E-state index contributed by atoms with van der Waals surface area (Å²) in [5, 5.41) is 27.7. The molecule has 2 aromatic rings. The molecule has 4 rings (SSSR count). The van der Waals surface area contributed by atoms with Gasteiger partial charge in [-0.15, -0.1) is 11.3 Å². The second-order valence-electron chi connectivity index (χ2n) is 11.9. The monoisotopic (exact) mass is 616 g/mol. The predicted octanol–water partition coefficient (Wildman–Crippen LogP) is 3.87. The molecular weight excluding hydrogens is 569 g/mol. The van der Waals surface area contributed by atoms with Crippen molar-refractivity contribution in [2.24, 2.45) is 17.0 Å². The lowest BCUT2D eigenvalue weighted by Gasteiger charge is -2.41. The number of thiazole rings is 1. The van der Waals surface area contributed by atoms with E-state index in [0.717, 1.165) is 47.5 Å². The van der Waals surface area contributed by atoms with E-state index >= 15 is 0 Å². The molecule has 43 heavy (non-hydrogen) atoms. The minimum Gasteiger partial charge on any atom is -0.534 e. The summed E-state index contributed by atoms with van der Waals surface area (Å²) in [6.45, 7) is 13.3. The Balaban J connectivity index is 0.000000934. The maximum atomic E-state index is 13.0. The van der Waals surface area contributed by atoms with Crippen LogP contribution < -0.4 is 15.7 Å². The van der Waals surface area contributed by atoms with E-state index in [-0.39, 0.29) is 12.3 Å². The van der Waals surface area contributed by atoms with E-state index in [9.17, 15) is 15.1 Å². The fraction of sp³-hybridized carbons (Fsp3) is 0.567. The summed E-state index contributed by atoms with van der Waals surface area (Å²) in [5.41, 5.74) is 8.68. The minimum atomic E-state index is -0.761. The highest BCUT2D eigenvalue weighted by molar-refractivity contribution is 7.13. The Kier molecular flexibility index (Phi) is 12.4. The smallest absolute Gasteiger partial charge is 0.534 e. The van der Waals surface area contributed by atoms with E-state index in [1.54, 1.807) is 5.38 Å². The van der Waals surface area contributed by atoms with E-state index < -0.39 is 19.0 Å². The summed E-state index contributed by atoms with van der Waals surface area (Å²) < 4.78 is 17.8. The molecular formula is C30H47BN5O6S+. The van der Waals surface area contributed by atoms with Crippen LogP contribution in [0.25, 0.3) is 0 Å². The Morgan fingerprint density at radius 2 is 2.02 bits per heavy atom. The van der Waals surface area contributed by atoms with Crippen molar-refractivity contribution in [3.8, 4) is 5.75 Å². The third kappa shape index (κ3) is 8.72. The number of nitrogen functional groups attached to an aromatic ring is 1. The number of benzene rings is 1. The molecule has 1 aromatic heterocycles. The Hall–Kier alpha value is -3.13. The van der Waals surface area contributed by atoms with Gasteiger partial charge in [-0.05, 0) is 23.8 Å². The highest BCUT2D eigenvalue weighted by Gasteiger charge is 2.41. The quantitative estimate of drug-likeness (QED) is 0.0780. The number of piperidine rings is 1. The topological polar surface area (TPSA) is 149 Å². The van der Waals surface area contributed by atoms with E-state index in [0.29, 0.717) is 46.7 Å². The predicted molar refractivity (Wildman–Crippen MR) is 170 cm³/mol. The van der Waals surface area contributed by atoms with E-state index in [2.05, 4.69) is 49.9 Å². The number of aliphatic hydroxyl groups excluding tert-OH is 1. The normalized spacial score (nSPS) is 21.8. The summed E-state index contributed by atoms with van der Waals surface area (Å²) in [6, 6.07) is 3.93. The number of aromatic nitrogens is 1. The summed E-state index contributed by atoms with van der Waals surface area (Å²) in [6.07, 6.45) is 3.65. The number of nitrogens with one attached hydrogen (secondary N) is 1. The number of quaternary nitrogens is 1. The standard InChI is InChI=1S/C25H34BN5O6S.C5H12/c1-15(22(30-34)19-14-38-25(27)29-19)28-20-11-17-5-6-18(12-31(2)9-7-16(13-32)8-10-31)21(24(33)35-3)23(17)37-26(20)36-4;1-4-5(2)3/h5-6,14,16,20,28,32H,1,7-13H2,2-4H3,(H2-,27,29,34);5H,4H2,1-3H3/p+1/b30-22+;. The third-order valence-corrected chi connectivity index (χ3v) is 8.91. The number of anilines is 1. The highest BCUT2D eigenvalue weighted by atomic mass is 32.1. The molecule has 0 aliphatic carbocycles. The Morgan fingerprint density at radius 1 is 1.35 bits per heavy atom. The number of hydrogen-bond donors (Lipinski definition) is 4. The number of likely N-dealkylation sites (tertiary alicyclic amines) is 1. The SMILES string of the molecule is C=C(NC1Cc2ccc(C[N+]3(C)CCC(CO)CC3)c(C(=O)OC)c2OB1OC)/C(=N\O)c1csc(N)n1.CCC(C)C. The fourth-order valence-electron chi connectivity index (χ4n) is 5.23. The van der Waals surface area contributed by atoms with Crippen molar-refractivity contribution in [3.05, 3.63) is 52.2 Å². The molecule has 236 valence electrons. The molecule has 3 heterocycles. The molecule has 1 fully saturated rings. The van der Waals surface area contributed by atoms with Gasteiger partial charge in [0.05, 0.1) is 38.9 Å². The second kappa shape index (κ2) is 15.6. The van der Waals surface area contributed by atoms with Gasteiger partial charge >= 0.3 is 13.1 Å². The highest BCUT2D eigenvalue weighted by Crippen LogP contribution is 2.36. The van der Waals surface area contributed by atoms with Crippen molar-refractivity contribution in [2.45, 2.75) is 58.9 Å². The van der Waals surface area contributed by atoms with Gasteiger partial charge in [-0.2, -0.15) is 0 Å². The third-order valence-electron chi connectivity index (χ3n) is 8.24. The van der Waals surface area contributed by atoms with Gasteiger partial charge in [-0.3, -0.25) is 0 Å². The number of esters is 1. The van der Waals surface area contributed by atoms with Gasteiger partial charge in [0, 0.05) is 37.5 Å². The first-order chi connectivity index (χ1) is 20.5. The zero-order valence-electron chi connectivity index (χ0n) is 26.3. The lowest BCUT2D eigenvalue weighted by Crippen LogP contribution is -2.53. The van der Waals surface area contributed by atoms with Crippen molar-refractivity contribution < 1.29 is 33.6 Å². The average molecular weight is 617 g/mol. The van der Waals surface area contributed by atoms with Crippen molar-refractivity contribution in [3.63, 3.8) is 0 Å². The zero-order valence-corrected chi connectivity index (χ0v) is 27.1. The van der Waals surface area contributed by atoms with Crippen molar-refractivity contribution >= 4 is 35.3 Å². The van der Waals surface area contributed by atoms with Gasteiger partial charge in [-0.25, -0.2) is 9.78 Å². The van der Waals surface area contributed by atoms with Gasteiger partial charge < -0.3 is 39.9 Å². The molecule has 2 aliphatic rings. The van der Waals surface area contributed by atoms with Crippen molar-refractivity contribution in [2.75, 3.05) is 46.7 Å². The molecule has 13 heteroatoms. The maximum absolute atomic E-state index is 13.0. The summed E-state index contributed by atoms with van der Waals surface area (Å²) in [5.74, 6) is 0.806. The van der Waals surface area contributed by atoms with Crippen LogP contribution in [-0.4, -0.2) is 85.5 Å². The summed E-state index contributed by atoms with van der Waals surface area (Å²) in [4.78, 5) is 17.2. The number of carbonyl (C=O) groups excluding carboxylic acids is 1. The second-order valence-corrected chi connectivity index (χ2v) is 12.8. The van der Waals surface area contributed by atoms with Gasteiger partial charge in [0.25, 0.3) is 0 Å². The number of carbonyl (C=O) groups is 1. The number of aliphatic hydroxyl groups is 1. The van der Waals surface area contributed by atoms with Gasteiger partial charge in [-0.1, -0.05) is 51.1 Å². The zero-order chi connectivity index (χ0) is 31.7. The van der Waals surface area contributed by atoms with Gasteiger partial charge in [0.1, 0.15) is 23.6 Å². The summed E-state index contributed by atoms with van der Waals surface area (Å²) >= 11 is 1.23. The van der Waals surface area contributed by atoms with Crippen molar-refractivity contribution in [1.29, 1.82) is 0 Å². The molecule has 1 atom stereocenters. The Bertz CT molecular complexity index is 1280. The van der Waals surface area contributed by atoms with Crippen LogP contribution in [0.5, 0.6) is 5.75 Å². The maximum Gasteiger partial charge on any atom is 0.549 e. The molecule has 0 radical (unpaired) electrons. The number of rotatable bonds is 10. The van der Waals surface area contributed by atoms with Gasteiger partial charge in [0.2, 0.25) is 0 Å².